The number of hydrogen-bond donors (Lipinski definition) is 2. The molecule has 124 valence electrons. The summed E-state index contributed by atoms with van der Waals surface area (Å²) in [7, 11) is 0. The summed E-state index contributed by atoms with van der Waals surface area (Å²) in [5.41, 5.74) is 8.20. The number of carbonyl (C=O) groups excluding carboxylic acids is 1. The van der Waals surface area contributed by atoms with E-state index in [1.807, 2.05) is 61.5 Å². The maximum absolute atomic E-state index is 12.1. The van der Waals surface area contributed by atoms with E-state index < -0.39 is 6.10 Å². The van der Waals surface area contributed by atoms with Crippen molar-refractivity contribution in [2.24, 2.45) is 5.73 Å². The zero-order valence-electron chi connectivity index (χ0n) is 13.4. The monoisotopic (exact) mass is 334 g/mol. The van der Waals surface area contributed by atoms with Crippen LogP contribution in [0.15, 0.2) is 54.6 Å². The first-order valence-electron chi connectivity index (χ1n) is 7.38. The third kappa shape index (κ3) is 5.93. The molecule has 2 aromatic rings. The lowest BCUT2D eigenvalue weighted by molar-refractivity contribution is -0.127. The standard InChI is InChI=1S/C18H22N2O2.ClH/c1-13-8-10-16(11-9-13)22-14(2)18(21)20-12-17(19)15-6-4-3-5-7-15;/h3-11,14,17H,12,19H2,1-2H3,(H,20,21);1H. The van der Waals surface area contributed by atoms with Crippen molar-refractivity contribution in [1.29, 1.82) is 0 Å². The maximum Gasteiger partial charge on any atom is 0.260 e. The summed E-state index contributed by atoms with van der Waals surface area (Å²) in [4.78, 5) is 12.1. The molecule has 0 fully saturated rings. The number of nitrogens with one attached hydrogen (secondary N) is 1. The third-order valence-corrected chi connectivity index (χ3v) is 3.43. The minimum absolute atomic E-state index is 0. The van der Waals surface area contributed by atoms with Gasteiger partial charge in [0.1, 0.15) is 5.75 Å². The smallest absolute Gasteiger partial charge is 0.260 e. The zero-order chi connectivity index (χ0) is 15.9. The van der Waals surface area contributed by atoms with E-state index in [1.165, 1.54) is 0 Å². The summed E-state index contributed by atoms with van der Waals surface area (Å²) in [6.45, 7) is 4.11. The van der Waals surface area contributed by atoms with E-state index in [0.29, 0.717) is 12.3 Å². The number of ether oxygens (including phenoxy) is 1. The van der Waals surface area contributed by atoms with Gasteiger partial charge in [-0.15, -0.1) is 12.4 Å². The van der Waals surface area contributed by atoms with Gasteiger partial charge in [0.05, 0.1) is 0 Å². The number of rotatable bonds is 6. The quantitative estimate of drug-likeness (QED) is 0.853. The van der Waals surface area contributed by atoms with Crippen LogP contribution in [0.2, 0.25) is 0 Å². The van der Waals surface area contributed by atoms with Gasteiger partial charge in [-0.3, -0.25) is 4.79 Å². The molecular weight excluding hydrogens is 312 g/mol. The second-order valence-electron chi connectivity index (χ2n) is 5.34. The Kier molecular flexibility index (Phi) is 7.59. The van der Waals surface area contributed by atoms with Crippen LogP contribution in [0.1, 0.15) is 24.1 Å². The molecule has 2 rings (SSSR count). The van der Waals surface area contributed by atoms with Crippen LogP contribution in [0.25, 0.3) is 0 Å². The van der Waals surface area contributed by atoms with Crippen molar-refractivity contribution >= 4 is 18.3 Å². The molecule has 0 aliphatic carbocycles. The van der Waals surface area contributed by atoms with Crippen molar-refractivity contribution < 1.29 is 9.53 Å². The van der Waals surface area contributed by atoms with E-state index in [1.54, 1.807) is 6.92 Å². The van der Waals surface area contributed by atoms with E-state index in [2.05, 4.69) is 5.32 Å². The predicted octanol–water partition coefficient (Wildman–Crippen LogP) is 3.00. The molecule has 1 amide bonds. The SMILES string of the molecule is Cc1ccc(OC(C)C(=O)NCC(N)c2ccccc2)cc1.Cl. The van der Waals surface area contributed by atoms with Gasteiger partial charge in [0.15, 0.2) is 6.10 Å². The summed E-state index contributed by atoms with van der Waals surface area (Å²) in [6.07, 6.45) is -0.564. The first kappa shape index (κ1) is 19.0. The van der Waals surface area contributed by atoms with Crippen molar-refractivity contribution in [3.63, 3.8) is 0 Å². The van der Waals surface area contributed by atoms with Gasteiger partial charge in [0.25, 0.3) is 5.91 Å². The lowest BCUT2D eigenvalue weighted by Crippen LogP contribution is -2.39. The highest BCUT2D eigenvalue weighted by molar-refractivity contribution is 5.85. The van der Waals surface area contributed by atoms with Crippen LogP contribution in [0, 0.1) is 6.92 Å². The predicted molar refractivity (Wildman–Crippen MR) is 94.9 cm³/mol. The highest BCUT2D eigenvalue weighted by atomic mass is 35.5. The Hall–Kier alpha value is -2.04. The second kappa shape index (κ2) is 9.18. The lowest BCUT2D eigenvalue weighted by Gasteiger charge is -2.17. The highest BCUT2D eigenvalue weighted by Crippen LogP contribution is 2.13. The molecule has 0 spiro atoms. The number of aryl methyl sites for hydroxylation is 1. The van der Waals surface area contributed by atoms with Crippen LogP contribution in [0.3, 0.4) is 0 Å². The topological polar surface area (TPSA) is 64.3 Å². The van der Waals surface area contributed by atoms with Gasteiger partial charge >= 0.3 is 0 Å². The average Bonchev–Trinajstić information content (AvgIpc) is 2.55. The Morgan fingerprint density at radius 3 is 2.35 bits per heavy atom. The fourth-order valence-electron chi connectivity index (χ4n) is 2.05. The first-order chi connectivity index (χ1) is 10.6. The number of hydrogen-bond acceptors (Lipinski definition) is 3. The molecule has 0 bridgehead atoms. The lowest BCUT2D eigenvalue weighted by atomic mass is 10.1. The van der Waals surface area contributed by atoms with Crippen molar-refractivity contribution in [3.05, 3.63) is 65.7 Å². The van der Waals surface area contributed by atoms with Gasteiger partial charge < -0.3 is 15.8 Å². The fraction of sp³-hybridized carbons (Fsp3) is 0.278. The van der Waals surface area contributed by atoms with E-state index in [-0.39, 0.29) is 24.4 Å². The molecular formula is C18H23ClN2O2. The molecule has 0 heterocycles. The molecule has 0 aliphatic heterocycles. The minimum Gasteiger partial charge on any atom is -0.481 e. The number of benzene rings is 2. The fourth-order valence-corrected chi connectivity index (χ4v) is 2.05. The van der Waals surface area contributed by atoms with Crippen molar-refractivity contribution in [2.75, 3.05) is 6.54 Å². The Labute approximate surface area is 143 Å². The van der Waals surface area contributed by atoms with Crippen LogP contribution < -0.4 is 15.8 Å². The molecule has 0 aromatic heterocycles. The molecule has 0 radical (unpaired) electrons. The van der Waals surface area contributed by atoms with E-state index >= 15 is 0 Å². The average molecular weight is 335 g/mol. The summed E-state index contributed by atoms with van der Waals surface area (Å²) < 4.78 is 5.62. The highest BCUT2D eigenvalue weighted by Gasteiger charge is 2.15. The Bertz CT molecular complexity index is 602. The normalized spacial score (nSPS) is 12.7. The molecule has 2 aromatic carbocycles. The van der Waals surface area contributed by atoms with E-state index in [4.69, 9.17) is 10.5 Å². The molecule has 3 N–H and O–H groups in total. The van der Waals surface area contributed by atoms with Crippen molar-refractivity contribution in [3.8, 4) is 5.75 Å². The van der Waals surface area contributed by atoms with Gasteiger partial charge in [-0.25, -0.2) is 0 Å². The number of nitrogens with two attached hydrogens (primary N) is 1. The summed E-state index contributed by atoms with van der Waals surface area (Å²) in [6, 6.07) is 17.1. The molecule has 2 atom stereocenters. The molecule has 23 heavy (non-hydrogen) atoms. The maximum atomic E-state index is 12.1. The van der Waals surface area contributed by atoms with Crippen molar-refractivity contribution in [2.45, 2.75) is 26.0 Å². The minimum atomic E-state index is -0.564. The Morgan fingerprint density at radius 2 is 1.74 bits per heavy atom. The van der Waals surface area contributed by atoms with Crippen LogP contribution in [0.5, 0.6) is 5.75 Å². The van der Waals surface area contributed by atoms with Crippen molar-refractivity contribution in [1.82, 2.24) is 5.32 Å². The largest absolute Gasteiger partial charge is 0.481 e. The van der Waals surface area contributed by atoms with Crippen LogP contribution >= 0.6 is 12.4 Å². The molecule has 0 saturated heterocycles. The first-order valence-corrected chi connectivity index (χ1v) is 7.38. The van der Waals surface area contributed by atoms with Gasteiger partial charge in [-0.05, 0) is 31.5 Å². The number of halogens is 1. The number of amides is 1. The molecule has 4 nitrogen and oxygen atoms in total. The van der Waals surface area contributed by atoms with Gasteiger partial charge in [0, 0.05) is 12.6 Å². The summed E-state index contributed by atoms with van der Waals surface area (Å²) in [5.74, 6) is 0.507. The Balaban J connectivity index is 0.00000264. The molecule has 2 unspecified atom stereocenters. The van der Waals surface area contributed by atoms with E-state index in [9.17, 15) is 4.79 Å². The molecule has 0 saturated carbocycles. The van der Waals surface area contributed by atoms with Gasteiger partial charge in [-0.2, -0.15) is 0 Å². The van der Waals surface area contributed by atoms with Crippen LogP contribution in [0.4, 0.5) is 0 Å². The molecule has 0 aliphatic rings. The second-order valence-corrected chi connectivity index (χ2v) is 5.34. The Morgan fingerprint density at radius 1 is 1.13 bits per heavy atom. The zero-order valence-corrected chi connectivity index (χ0v) is 14.2. The number of carbonyl (C=O) groups is 1. The van der Waals surface area contributed by atoms with Crippen LogP contribution in [-0.2, 0) is 4.79 Å². The third-order valence-electron chi connectivity index (χ3n) is 3.43. The summed E-state index contributed by atoms with van der Waals surface area (Å²) >= 11 is 0. The summed E-state index contributed by atoms with van der Waals surface area (Å²) in [5, 5.41) is 2.82. The molecule has 5 heteroatoms. The van der Waals surface area contributed by atoms with Gasteiger partial charge in [-0.1, -0.05) is 48.0 Å². The van der Waals surface area contributed by atoms with Gasteiger partial charge in [0.2, 0.25) is 0 Å². The van der Waals surface area contributed by atoms with E-state index in [0.717, 1.165) is 11.1 Å². The van der Waals surface area contributed by atoms with Crippen LogP contribution in [-0.4, -0.2) is 18.6 Å².